The largest absolute Gasteiger partial charge is 0.445 e. The molecule has 0 fully saturated rings. The molecule has 0 radical (unpaired) electrons. The van der Waals surface area contributed by atoms with E-state index in [1.165, 1.54) is 22.0 Å². The normalized spacial score (nSPS) is 12.3. The number of aryl methyl sites for hydroxylation is 2. The second-order valence-electron chi connectivity index (χ2n) is 9.54. The molecule has 9 heteroatoms. The highest BCUT2D eigenvalue weighted by Gasteiger charge is 2.23. The Labute approximate surface area is 210 Å². The van der Waals surface area contributed by atoms with Gasteiger partial charge in [-0.3, -0.25) is 4.79 Å². The Hall–Kier alpha value is -3.20. The van der Waals surface area contributed by atoms with E-state index in [0.717, 1.165) is 21.6 Å². The fourth-order valence-corrected chi connectivity index (χ4v) is 4.49. The van der Waals surface area contributed by atoms with Gasteiger partial charge in [-0.15, -0.1) is 5.10 Å². The minimum absolute atomic E-state index is 0.0506. The molecule has 0 saturated heterocycles. The van der Waals surface area contributed by atoms with Crippen molar-refractivity contribution in [3.63, 3.8) is 0 Å². The van der Waals surface area contributed by atoms with Crippen molar-refractivity contribution in [1.29, 1.82) is 0 Å². The molecule has 0 bridgehead atoms. The number of carbonyl (C=O) groups is 2. The zero-order chi connectivity index (χ0) is 25.6. The van der Waals surface area contributed by atoms with Gasteiger partial charge in [0, 0.05) is 4.90 Å². The summed E-state index contributed by atoms with van der Waals surface area (Å²) in [4.78, 5) is 26.3. The SMILES string of the molecule is CCC(NC(=O)OCc1ccccc1)C(=O)Cn1nnnc1Sc1c(C)cc(C(C)(C)C)cc1C. The molecule has 186 valence electrons. The van der Waals surface area contributed by atoms with Crippen molar-refractivity contribution < 1.29 is 14.3 Å². The summed E-state index contributed by atoms with van der Waals surface area (Å²) in [6.45, 7) is 12.6. The lowest BCUT2D eigenvalue weighted by Gasteiger charge is -2.22. The number of rotatable bonds is 9. The number of carbonyl (C=O) groups excluding carboxylic acids is 2. The molecule has 1 unspecified atom stereocenters. The topological polar surface area (TPSA) is 99.0 Å². The number of ether oxygens (including phenoxy) is 1. The van der Waals surface area contributed by atoms with Crippen LogP contribution in [0.2, 0.25) is 0 Å². The summed E-state index contributed by atoms with van der Waals surface area (Å²) < 4.78 is 6.73. The number of Topliss-reactive ketones (excluding diaryl/α,β-unsaturated/α-hetero) is 1. The van der Waals surface area contributed by atoms with Crippen molar-refractivity contribution in [1.82, 2.24) is 25.5 Å². The van der Waals surface area contributed by atoms with Crippen LogP contribution in [0.5, 0.6) is 0 Å². The van der Waals surface area contributed by atoms with Crippen molar-refractivity contribution in [3.8, 4) is 0 Å². The van der Waals surface area contributed by atoms with Gasteiger partial charge < -0.3 is 10.1 Å². The zero-order valence-corrected chi connectivity index (χ0v) is 22.0. The first-order valence-electron chi connectivity index (χ1n) is 11.6. The molecular formula is C26H33N5O3S. The van der Waals surface area contributed by atoms with E-state index in [0.29, 0.717) is 11.6 Å². The Kier molecular flexibility index (Phi) is 8.67. The van der Waals surface area contributed by atoms with Crippen LogP contribution in [0.1, 0.15) is 56.4 Å². The summed E-state index contributed by atoms with van der Waals surface area (Å²) in [6, 6.07) is 13.1. The Morgan fingerprint density at radius 3 is 2.37 bits per heavy atom. The predicted molar refractivity (Wildman–Crippen MR) is 135 cm³/mol. The van der Waals surface area contributed by atoms with Crippen molar-refractivity contribution in [2.75, 3.05) is 0 Å². The predicted octanol–water partition coefficient (Wildman–Crippen LogP) is 5.01. The number of hydrogen-bond donors (Lipinski definition) is 1. The van der Waals surface area contributed by atoms with Crippen LogP contribution in [-0.2, 0) is 28.1 Å². The summed E-state index contributed by atoms with van der Waals surface area (Å²) >= 11 is 1.44. The van der Waals surface area contributed by atoms with E-state index >= 15 is 0 Å². The highest BCUT2D eigenvalue weighted by molar-refractivity contribution is 7.99. The standard InChI is InChI=1S/C26H33N5O3S/c1-7-21(27-25(33)34-16-19-11-9-8-10-12-19)22(32)15-31-24(28-29-30-31)35-23-17(2)13-20(14-18(23)3)26(4,5)6/h8-14,21H,7,15-16H2,1-6H3,(H,27,33). The Morgan fingerprint density at radius 1 is 1.11 bits per heavy atom. The number of amides is 1. The van der Waals surface area contributed by atoms with Crippen molar-refractivity contribution in [3.05, 3.63) is 64.7 Å². The van der Waals surface area contributed by atoms with Gasteiger partial charge in [0.2, 0.25) is 5.16 Å². The minimum Gasteiger partial charge on any atom is -0.445 e. The van der Waals surface area contributed by atoms with Crippen LogP contribution < -0.4 is 5.32 Å². The monoisotopic (exact) mass is 495 g/mol. The molecule has 1 heterocycles. The average Bonchev–Trinajstić information content (AvgIpc) is 3.24. The number of ketones is 1. The fourth-order valence-electron chi connectivity index (χ4n) is 3.58. The lowest BCUT2D eigenvalue weighted by molar-refractivity contribution is -0.122. The number of hydrogen-bond acceptors (Lipinski definition) is 7. The number of nitrogens with zero attached hydrogens (tertiary/aromatic N) is 4. The van der Waals surface area contributed by atoms with Gasteiger partial charge >= 0.3 is 6.09 Å². The first-order chi connectivity index (χ1) is 16.6. The summed E-state index contributed by atoms with van der Waals surface area (Å²) in [5.74, 6) is -0.199. The van der Waals surface area contributed by atoms with Crippen LogP contribution >= 0.6 is 11.8 Å². The van der Waals surface area contributed by atoms with Crippen LogP contribution in [0.25, 0.3) is 0 Å². The smallest absolute Gasteiger partial charge is 0.408 e. The second kappa shape index (κ2) is 11.5. The highest BCUT2D eigenvalue weighted by Crippen LogP contribution is 2.35. The van der Waals surface area contributed by atoms with Crippen LogP contribution in [0.4, 0.5) is 4.79 Å². The summed E-state index contributed by atoms with van der Waals surface area (Å²) in [5, 5.41) is 15.1. The summed E-state index contributed by atoms with van der Waals surface area (Å²) in [6.07, 6.45) is -0.207. The van der Waals surface area contributed by atoms with Gasteiger partial charge in [0.1, 0.15) is 13.2 Å². The Balaban J connectivity index is 1.65. The van der Waals surface area contributed by atoms with Gasteiger partial charge in [-0.1, -0.05) is 70.2 Å². The molecule has 0 aliphatic heterocycles. The van der Waals surface area contributed by atoms with Gasteiger partial charge in [-0.25, -0.2) is 9.48 Å². The van der Waals surface area contributed by atoms with E-state index in [-0.39, 0.29) is 24.3 Å². The maximum absolute atomic E-state index is 12.9. The van der Waals surface area contributed by atoms with E-state index in [9.17, 15) is 9.59 Å². The maximum Gasteiger partial charge on any atom is 0.408 e. The van der Waals surface area contributed by atoms with Gasteiger partial charge in [0.05, 0.1) is 6.04 Å². The number of tetrazole rings is 1. The number of nitrogens with one attached hydrogen (secondary N) is 1. The maximum atomic E-state index is 12.9. The number of benzene rings is 2. The molecule has 0 aliphatic rings. The van der Waals surface area contributed by atoms with Crippen molar-refractivity contribution >= 4 is 23.6 Å². The molecule has 2 aromatic carbocycles. The first-order valence-corrected chi connectivity index (χ1v) is 12.5. The third-order valence-corrected chi connectivity index (χ3v) is 6.95. The lowest BCUT2D eigenvalue weighted by atomic mass is 9.85. The summed E-state index contributed by atoms with van der Waals surface area (Å²) in [7, 11) is 0. The Morgan fingerprint density at radius 2 is 1.77 bits per heavy atom. The third-order valence-electron chi connectivity index (χ3n) is 5.63. The van der Waals surface area contributed by atoms with E-state index in [2.05, 4.69) is 67.6 Å². The number of aromatic nitrogens is 4. The lowest BCUT2D eigenvalue weighted by Crippen LogP contribution is -2.42. The van der Waals surface area contributed by atoms with Gasteiger partial charge in [-0.05, 0) is 70.1 Å². The minimum atomic E-state index is -0.699. The van der Waals surface area contributed by atoms with E-state index < -0.39 is 12.1 Å². The molecule has 0 saturated carbocycles. The van der Waals surface area contributed by atoms with E-state index in [1.807, 2.05) is 37.3 Å². The van der Waals surface area contributed by atoms with Gasteiger partial charge in [0.15, 0.2) is 5.78 Å². The molecule has 0 aliphatic carbocycles. The van der Waals surface area contributed by atoms with E-state index in [4.69, 9.17) is 4.74 Å². The molecule has 3 rings (SSSR count). The molecule has 1 N–H and O–H groups in total. The second-order valence-corrected chi connectivity index (χ2v) is 10.5. The third kappa shape index (κ3) is 7.14. The number of alkyl carbamates (subject to hydrolysis) is 1. The van der Waals surface area contributed by atoms with Gasteiger partial charge in [-0.2, -0.15) is 0 Å². The first kappa shape index (κ1) is 26.4. The molecule has 1 amide bonds. The molecule has 1 aromatic heterocycles. The van der Waals surface area contributed by atoms with Crippen molar-refractivity contribution in [2.45, 2.75) is 82.6 Å². The molecule has 8 nitrogen and oxygen atoms in total. The fraction of sp³-hybridized carbons (Fsp3) is 0.423. The van der Waals surface area contributed by atoms with Crippen molar-refractivity contribution in [2.24, 2.45) is 0 Å². The van der Waals surface area contributed by atoms with Crippen LogP contribution in [-0.4, -0.2) is 38.1 Å². The molecule has 1 atom stereocenters. The summed E-state index contributed by atoms with van der Waals surface area (Å²) in [5.41, 5.74) is 4.46. The van der Waals surface area contributed by atoms with E-state index in [1.54, 1.807) is 0 Å². The Bertz CT molecular complexity index is 1150. The molecule has 35 heavy (non-hydrogen) atoms. The van der Waals surface area contributed by atoms with Gasteiger partial charge in [0.25, 0.3) is 0 Å². The average molecular weight is 496 g/mol. The quantitative estimate of drug-likeness (QED) is 0.445. The highest BCUT2D eigenvalue weighted by atomic mass is 32.2. The van der Waals surface area contributed by atoms with Crippen LogP contribution in [0.15, 0.2) is 52.5 Å². The van der Waals surface area contributed by atoms with Crippen LogP contribution in [0.3, 0.4) is 0 Å². The molecule has 0 spiro atoms. The molecule has 3 aromatic rings. The van der Waals surface area contributed by atoms with Crippen LogP contribution in [0, 0.1) is 13.8 Å². The zero-order valence-electron chi connectivity index (χ0n) is 21.2. The molecular weight excluding hydrogens is 462 g/mol.